The number of amides is 1. The number of aryl methyl sites for hydroxylation is 2. The largest absolute Gasteiger partial charge is 0.432 e. The Morgan fingerprint density at radius 2 is 1.52 bits per heavy atom. The fourth-order valence-electron chi connectivity index (χ4n) is 4.49. The van der Waals surface area contributed by atoms with E-state index in [0.29, 0.717) is 22.2 Å². The van der Waals surface area contributed by atoms with Crippen LogP contribution in [0.4, 0.5) is 5.69 Å². The summed E-state index contributed by atoms with van der Waals surface area (Å²) < 4.78 is 5.87. The van der Waals surface area contributed by atoms with E-state index >= 15 is 0 Å². The number of benzene rings is 2. The van der Waals surface area contributed by atoms with E-state index in [2.05, 4.69) is 10.2 Å². The molecule has 1 aliphatic heterocycles. The van der Waals surface area contributed by atoms with Crippen molar-refractivity contribution in [2.24, 2.45) is 0 Å². The third-order valence-corrected chi connectivity index (χ3v) is 6.68. The van der Waals surface area contributed by atoms with E-state index in [1.165, 1.54) is 19.3 Å². The maximum Gasteiger partial charge on any atom is 0.264 e. The minimum atomic E-state index is -0.179. The summed E-state index contributed by atoms with van der Waals surface area (Å²) in [5.41, 5.74) is 5.16. The van der Waals surface area contributed by atoms with Crippen molar-refractivity contribution in [1.82, 2.24) is 14.9 Å². The lowest BCUT2D eigenvalue weighted by Gasteiger charge is -2.22. The monoisotopic (exact) mass is 460 g/mol. The molecule has 0 atom stereocenters. The lowest BCUT2D eigenvalue weighted by Crippen LogP contribution is -2.34. The maximum absolute atomic E-state index is 12.8. The maximum atomic E-state index is 12.8. The van der Waals surface area contributed by atoms with Gasteiger partial charge in [0, 0.05) is 24.3 Å². The second-order valence-corrected chi connectivity index (χ2v) is 9.12. The number of ether oxygens (including phenoxy) is 1. The summed E-state index contributed by atoms with van der Waals surface area (Å²) in [4.78, 5) is 24.5. The van der Waals surface area contributed by atoms with Crippen molar-refractivity contribution in [1.29, 1.82) is 0 Å². The van der Waals surface area contributed by atoms with Crippen LogP contribution in [0.3, 0.4) is 0 Å². The summed E-state index contributed by atoms with van der Waals surface area (Å²) in [6.45, 7) is 1.89. The molecule has 5 rings (SSSR count). The second-order valence-electron chi connectivity index (χ2n) is 8.78. The van der Waals surface area contributed by atoms with E-state index in [1.807, 2.05) is 18.2 Å². The molecule has 1 fully saturated rings. The summed E-state index contributed by atoms with van der Waals surface area (Å²) in [5.74, 6) is 0.466. The van der Waals surface area contributed by atoms with Crippen LogP contribution in [0.5, 0.6) is 5.75 Å². The van der Waals surface area contributed by atoms with Gasteiger partial charge in [-0.15, -0.1) is 0 Å². The van der Waals surface area contributed by atoms with Crippen molar-refractivity contribution in [2.75, 3.05) is 18.4 Å². The molecule has 1 amide bonds. The van der Waals surface area contributed by atoms with E-state index in [0.717, 1.165) is 67.6 Å². The van der Waals surface area contributed by atoms with Gasteiger partial charge in [0.25, 0.3) is 11.1 Å². The Morgan fingerprint density at radius 1 is 0.848 bits per heavy atom. The van der Waals surface area contributed by atoms with Crippen molar-refractivity contribution >= 4 is 40.0 Å². The average molecular weight is 461 g/mol. The van der Waals surface area contributed by atoms with Gasteiger partial charge in [-0.05, 0) is 93.2 Å². The van der Waals surface area contributed by atoms with Gasteiger partial charge in [0.2, 0.25) is 0 Å². The zero-order chi connectivity index (χ0) is 22.6. The Labute approximate surface area is 199 Å². The number of hydrogen-bond acceptors (Lipinski definition) is 5. The molecule has 1 saturated heterocycles. The molecule has 0 radical (unpaired) electrons. The van der Waals surface area contributed by atoms with E-state index in [4.69, 9.17) is 26.9 Å². The molecule has 3 aromatic rings. The molecule has 1 aromatic heterocycles. The molecule has 0 spiro atoms. The van der Waals surface area contributed by atoms with Gasteiger partial charge in [-0.3, -0.25) is 4.79 Å². The highest BCUT2D eigenvalue weighted by atomic mass is 32.1. The first-order chi connectivity index (χ1) is 16.2. The highest BCUT2D eigenvalue weighted by molar-refractivity contribution is 7.80. The molecule has 33 heavy (non-hydrogen) atoms. The van der Waals surface area contributed by atoms with Crippen LogP contribution in [-0.2, 0) is 12.8 Å². The summed E-state index contributed by atoms with van der Waals surface area (Å²) in [6.07, 6.45) is 9.09. The zero-order valence-electron chi connectivity index (χ0n) is 18.7. The molecule has 2 heterocycles. The minimum Gasteiger partial charge on any atom is -0.432 e. The smallest absolute Gasteiger partial charge is 0.264 e. The normalized spacial score (nSPS) is 16.1. The van der Waals surface area contributed by atoms with Gasteiger partial charge in [-0.1, -0.05) is 12.8 Å². The van der Waals surface area contributed by atoms with Gasteiger partial charge in [0.15, 0.2) is 0 Å². The lowest BCUT2D eigenvalue weighted by molar-refractivity contribution is 0.102. The summed E-state index contributed by atoms with van der Waals surface area (Å²) in [7, 11) is 0. The van der Waals surface area contributed by atoms with Crippen LogP contribution in [0.2, 0.25) is 0 Å². The first-order valence-corrected chi connectivity index (χ1v) is 12.2. The molecular formula is C26H28N4O2S. The molecule has 1 N–H and O–H groups in total. The minimum absolute atomic E-state index is 0.179. The molecule has 7 heteroatoms. The number of likely N-dealkylation sites (tertiary alicyclic amines) is 1. The van der Waals surface area contributed by atoms with E-state index in [-0.39, 0.29) is 5.91 Å². The van der Waals surface area contributed by atoms with Gasteiger partial charge >= 0.3 is 0 Å². The van der Waals surface area contributed by atoms with Gasteiger partial charge in [0.1, 0.15) is 5.75 Å². The number of thiocarbonyl (C=S) groups is 1. The number of anilines is 1. The molecule has 1 aliphatic carbocycles. The SMILES string of the molecule is O=C(Nc1ccc2nc3c(nc2c1)CCCC3)c1ccc(OC(=S)N2CCCCCC2)cc1. The molecule has 2 aliphatic rings. The number of fused-ring (bicyclic) bond motifs is 2. The highest BCUT2D eigenvalue weighted by Gasteiger charge is 2.16. The topological polar surface area (TPSA) is 67.3 Å². The number of aromatic nitrogens is 2. The van der Waals surface area contributed by atoms with Gasteiger partial charge in [-0.25, -0.2) is 9.97 Å². The molecule has 170 valence electrons. The second kappa shape index (κ2) is 9.83. The fourth-order valence-corrected chi connectivity index (χ4v) is 4.77. The quantitative estimate of drug-likeness (QED) is 0.535. The predicted molar refractivity (Wildman–Crippen MR) is 134 cm³/mol. The van der Waals surface area contributed by atoms with Crippen molar-refractivity contribution < 1.29 is 9.53 Å². The van der Waals surface area contributed by atoms with Crippen molar-refractivity contribution in [3.8, 4) is 5.75 Å². The van der Waals surface area contributed by atoms with Crippen molar-refractivity contribution in [2.45, 2.75) is 51.4 Å². The number of hydrogen-bond donors (Lipinski definition) is 1. The zero-order valence-corrected chi connectivity index (χ0v) is 19.5. The average Bonchev–Trinajstić information content (AvgIpc) is 3.13. The van der Waals surface area contributed by atoms with Crippen LogP contribution in [0.15, 0.2) is 42.5 Å². The number of rotatable bonds is 3. The number of carbonyl (C=O) groups is 1. The van der Waals surface area contributed by atoms with Crippen LogP contribution in [-0.4, -0.2) is 39.0 Å². The highest BCUT2D eigenvalue weighted by Crippen LogP contribution is 2.23. The summed E-state index contributed by atoms with van der Waals surface area (Å²) >= 11 is 5.48. The van der Waals surface area contributed by atoms with Crippen LogP contribution in [0.1, 0.15) is 60.3 Å². The first kappa shape index (κ1) is 21.8. The number of nitrogens with zero attached hydrogens (tertiary/aromatic N) is 3. The van der Waals surface area contributed by atoms with Crippen LogP contribution >= 0.6 is 12.2 Å². The van der Waals surface area contributed by atoms with Gasteiger partial charge in [0.05, 0.1) is 22.4 Å². The molecule has 0 saturated carbocycles. The standard InChI is InChI=1S/C26H28N4O2S/c31-25(18-9-12-20(13-10-18)32-26(33)30-15-5-1-2-6-16-30)27-19-11-14-23-24(17-19)29-22-8-4-3-7-21(22)28-23/h9-14,17H,1-8,15-16H2,(H,27,31). The summed E-state index contributed by atoms with van der Waals surface area (Å²) in [6, 6.07) is 12.8. The number of carbonyl (C=O) groups excluding carboxylic acids is 1. The lowest BCUT2D eigenvalue weighted by atomic mass is 10.0. The molecule has 6 nitrogen and oxygen atoms in total. The molecule has 0 bridgehead atoms. The Morgan fingerprint density at radius 3 is 2.21 bits per heavy atom. The summed E-state index contributed by atoms with van der Waals surface area (Å²) in [5, 5.41) is 3.48. The van der Waals surface area contributed by atoms with E-state index < -0.39 is 0 Å². The number of nitrogens with one attached hydrogen (secondary N) is 1. The third kappa shape index (κ3) is 5.14. The van der Waals surface area contributed by atoms with Crippen LogP contribution in [0, 0.1) is 0 Å². The third-order valence-electron chi connectivity index (χ3n) is 6.34. The fraction of sp³-hybridized carbons (Fsp3) is 0.385. The molecular weight excluding hydrogens is 432 g/mol. The van der Waals surface area contributed by atoms with Gasteiger partial charge in [-0.2, -0.15) is 0 Å². The van der Waals surface area contributed by atoms with Crippen LogP contribution in [0.25, 0.3) is 11.0 Å². The van der Waals surface area contributed by atoms with E-state index in [1.54, 1.807) is 24.3 Å². The Bertz CT molecular complexity index is 1170. The Balaban J connectivity index is 1.24. The predicted octanol–water partition coefficient (Wildman–Crippen LogP) is 5.30. The van der Waals surface area contributed by atoms with Crippen LogP contribution < -0.4 is 10.1 Å². The van der Waals surface area contributed by atoms with Gasteiger partial charge < -0.3 is 15.0 Å². The van der Waals surface area contributed by atoms with E-state index in [9.17, 15) is 4.79 Å². The Hall–Kier alpha value is -3.06. The van der Waals surface area contributed by atoms with Crippen molar-refractivity contribution in [3.63, 3.8) is 0 Å². The first-order valence-electron chi connectivity index (χ1n) is 11.8. The molecule has 2 aromatic carbocycles. The Kier molecular flexibility index (Phi) is 6.48. The van der Waals surface area contributed by atoms with Crippen molar-refractivity contribution in [3.05, 3.63) is 59.4 Å². The molecule has 0 unspecified atom stereocenters.